The Balaban J connectivity index is 2.30. The van der Waals surface area contributed by atoms with Crippen molar-refractivity contribution in [3.05, 3.63) is 35.4 Å². The first-order valence-corrected chi connectivity index (χ1v) is 7.28. The van der Waals surface area contributed by atoms with Crippen LogP contribution in [0.1, 0.15) is 37.3 Å². The number of thioether (sulfide) groups is 1. The third kappa shape index (κ3) is 6.41. The maximum absolute atomic E-state index is 8.59. The van der Waals surface area contributed by atoms with Crippen LogP contribution < -0.4 is 0 Å². The summed E-state index contributed by atoms with van der Waals surface area (Å²) in [5.41, 5.74) is 2.32. The van der Waals surface area contributed by atoms with Crippen molar-refractivity contribution >= 4 is 11.8 Å². The molecule has 0 aromatic heterocycles. The van der Waals surface area contributed by atoms with Gasteiger partial charge in [-0.25, -0.2) is 0 Å². The summed E-state index contributed by atoms with van der Waals surface area (Å²) in [6.45, 7) is 2.16. The third-order valence-electron chi connectivity index (χ3n) is 2.43. The van der Waals surface area contributed by atoms with Gasteiger partial charge in [-0.05, 0) is 29.9 Å². The van der Waals surface area contributed by atoms with E-state index in [2.05, 4.69) is 30.9 Å². The molecule has 0 atom stereocenters. The Bertz CT molecular complexity index is 359. The standard InChI is InChI=1S/C15H20OS/c1-2-3-4-12-17-13-15-9-7-14(8-10-15)6-5-11-16/h7-10,16H,2-4,11-13H2,1H3. The first-order valence-electron chi connectivity index (χ1n) is 6.13. The molecule has 1 aromatic rings. The highest BCUT2D eigenvalue weighted by Crippen LogP contribution is 2.14. The number of hydrogen-bond donors (Lipinski definition) is 1. The SMILES string of the molecule is CCCCCSCc1ccc(C#CCO)cc1. The molecule has 0 aliphatic heterocycles. The van der Waals surface area contributed by atoms with Crippen molar-refractivity contribution in [2.45, 2.75) is 31.9 Å². The van der Waals surface area contributed by atoms with Crippen molar-refractivity contribution in [2.75, 3.05) is 12.4 Å². The van der Waals surface area contributed by atoms with E-state index in [1.165, 1.54) is 30.6 Å². The highest BCUT2D eigenvalue weighted by molar-refractivity contribution is 7.98. The lowest BCUT2D eigenvalue weighted by atomic mass is 10.1. The molecule has 0 fully saturated rings. The maximum Gasteiger partial charge on any atom is 0.104 e. The van der Waals surface area contributed by atoms with Gasteiger partial charge in [-0.2, -0.15) is 11.8 Å². The Labute approximate surface area is 109 Å². The van der Waals surface area contributed by atoms with Crippen molar-refractivity contribution in [1.82, 2.24) is 0 Å². The van der Waals surface area contributed by atoms with Gasteiger partial charge in [-0.1, -0.05) is 43.7 Å². The van der Waals surface area contributed by atoms with E-state index in [9.17, 15) is 0 Å². The zero-order valence-corrected chi connectivity index (χ0v) is 11.2. The predicted molar refractivity (Wildman–Crippen MR) is 76.1 cm³/mol. The van der Waals surface area contributed by atoms with Crippen LogP contribution in [0.3, 0.4) is 0 Å². The Morgan fingerprint density at radius 2 is 1.94 bits per heavy atom. The van der Waals surface area contributed by atoms with E-state index in [-0.39, 0.29) is 6.61 Å². The van der Waals surface area contributed by atoms with Gasteiger partial charge in [0, 0.05) is 11.3 Å². The van der Waals surface area contributed by atoms with E-state index in [4.69, 9.17) is 5.11 Å². The first kappa shape index (κ1) is 14.2. The molecule has 0 saturated carbocycles. The summed E-state index contributed by atoms with van der Waals surface area (Å²) in [5, 5.41) is 8.59. The molecule has 0 spiro atoms. The molecule has 1 rings (SSSR count). The Hall–Kier alpha value is -0.910. The summed E-state index contributed by atoms with van der Waals surface area (Å²) >= 11 is 1.99. The number of aliphatic hydroxyl groups excluding tert-OH is 1. The molecule has 0 amide bonds. The molecule has 0 aliphatic carbocycles. The van der Waals surface area contributed by atoms with Crippen LogP contribution in [0.5, 0.6) is 0 Å². The normalized spacial score (nSPS) is 9.76. The lowest BCUT2D eigenvalue weighted by Gasteiger charge is -2.01. The van der Waals surface area contributed by atoms with E-state index in [0.717, 1.165) is 11.3 Å². The topological polar surface area (TPSA) is 20.2 Å². The summed E-state index contributed by atoms with van der Waals surface area (Å²) in [6, 6.07) is 8.28. The largest absolute Gasteiger partial charge is 0.384 e. The molecule has 0 aliphatic rings. The van der Waals surface area contributed by atoms with Gasteiger partial charge in [0.1, 0.15) is 6.61 Å². The van der Waals surface area contributed by atoms with Crippen molar-refractivity contribution < 1.29 is 5.11 Å². The average Bonchev–Trinajstić information content (AvgIpc) is 2.37. The van der Waals surface area contributed by atoms with Crippen LogP contribution in [-0.2, 0) is 5.75 Å². The Morgan fingerprint density at radius 3 is 2.59 bits per heavy atom. The minimum atomic E-state index is -0.0744. The number of unbranched alkanes of at least 4 members (excludes halogenated alkanes) is 2. The lowest BCUT2D eigenvalue weighted by molar-refractivity contribution is 0.350. The minimum Gasteiger partial charge on any atom is -0.384 e. The summed E-state index contributed by atoms with van der Waals surface area (Å²) in [4.78, 5) is 0. The minimum absolute atomic E-state index is 0.0744. The smallest absolute Gasteiger partial charge is 0.104 e. The quantitative estimate of drug-likeness (QED) is 0.614. The van der Waals surface area contributed by atoms with Gasteiger partial charge in [0.15, 0.2) is 0 Å². The monoisotopic (exact) mass is 248 g/mol. The summed E-state index contributed by atoms with van der Waals surface area (Å²) in [5.74, 6) is 7.88. The molecule has 17 heavy (non-hydrogen) atoms. The van der Waals surface area contributed by atoms with Gasteiger partial charge < -0.3 is 5.11 Å². The molecule has 1 aromatic carbocycles. The van der Waals surface area contributed by atoms with Crippen LogP contribution >= 0.6 is 11.8 Å². The Morgan fingerprint density at radius 1 is 1.18 bits per heavy atom. The second-order valence-corrected chi connectivity index (χ2v) is 5.02. The van der Waals surface area contributed by atoms with Crippen LogP contribution in [0, 0.1) is 11.8 Å². The number of rotatable bonds is 6. The predicted octanol–water partition coefficient (Wildman–Crippen LogP) is 3.45. The van der Waals surface area contributed by atoms with Gasteiger partial charge in [-0.15, -0.1) is 0 Å². The van der Waals surface area contributed by atoms with Crippen molar-refractivity contribution in [2.24, 2.45) is 0 Å². The number of benzene rings is 1. The van der Waals surface area contributed by atoms with E-state index < -0.39 is 0 Å². The summed E-state index contributed by atoms with van der Waals surface area (Å²) in [7, 11) is 0. The van der Waals surface area contributed by atoms with Crippen LogP contribution in [0.4, 0.5) is 0 Å². The van der Waals surface area contributed by atoms with Gasteiger partial charge in [-0.3, -0.25) is 0 Å². The lowest BCUT2D eigenvalue weighted by Crippen LogP contribution is -1.85. The molecule has 92 valence electrons. The third-order valence-corrected chi connectivity index (χ3v) is 3.54. The molecule has 0 heterocycles. The molecule has 0 unspecified atom stereocenters. The second-order valence-electron chi connectivity index (χ2n) is 3.92. The van der Waals surface area contributed by atoms with Crippen LogP contribution in [0.15, 0.2) is 24.3 Å². The van der Waals surface area contributed by atoms with E-state index in [1.807, 2.05) is 23.9 Å². The van der Waals surface area contributed by atoms with Crippen LogP contribution in [0.25, 0.3) is 0 Å². The fourth-order valence-corrected chi connectivity index (χ4v) is 2.45. The van der Waals surface area contributed by atoms with Crippen molar-refractivity contribution in [3.8, 4) is 11.8 Å². The molecular formula is C15H20OS. The molecule has 2 heteroatoms. The van der Waals surface area contributed by atoms with Crippen LogP contribution in [0.2, 0.25) is 0 Å². The Kier molecular flexibility index (Phi) is 7.62. The van der Waals surface area contributed by atoms with Gasteiger partial charge in [0.05, 0.1) is 0 Å². The fraction of sp³-hybridized carbons (Fsp3) is 0.467. The average molecular weight is 248 g/mol. The summed E-state index contributed by atoms with van der Waals surface area (Å²) < 4.78 is 0. The van der Waals surface area contributed by atoms with Crippen LogP contribution in [-0.4, -0.2) is 17.5 Å². The molecular weight excluding hydrogens is 228 g/mol. The second kappa shape index (κ2) is 9.15. The highest BCUT2D eigenvalue weighted by atomic mass is 32.2. The highest BCUT2D eigenvalue weighted by Gasteiger charge is 1.94. The fourth-order valence-electron chi connectivity index (χ4n) is 1.47. The summed E-state index contributed by atoms with van der Waals surface area (Å²) in [6.07, 6.45) is 3.95. The van der Waals surface area contributed by atoms with Crippen molar-refractivity contribution in [3.63, 3.8) is 0 Å². The van der Waals surface area contributed by atoms with E-state index in [0.29, 0.717) is 0 Å². The number of hydrogen-bond acceptors (Lipinski definition) is 2. The number of aliphatic hydroxyl groups is 1. The molecule has 1 N–H and O–H groups in total. The molecule has 0 bridgehead atoms. The van der Waals surface area contributed by atoms with Gasteiger partial charge in [0.2, 0.25) is 0 Å². The molecule has 1 nitrogen and oxygen atoms in total. The zero-order chi connectivity index (χ0) is 12.3. The zero-order valence-electron chi connectivity index (χ0n) is 10.4. The van der Waals surface area contributed by atoms with Crippen molar-refractivity contribution in [1.29, 1.82) is 0 Å². The van der Waals surface area contributed by atoms with Gasteiger partial charge >= 0.3 is 0 Å². The van der Waals surface area contributed by atoms with E-state index in [1.54, 1.807) is 0 Å². The van der Waals surface area contributed by atoms with E-state index >= 15 is 0 Å². The maximum atomic E-state index is 8.59. The first-order chi connectivity index (χ1) is 8.36. The molecule has 0 saturated heterocycles. The molecule has 0 radical (unpaired) electrons. The van der Waals surface area contributed by atoms with Gasteiger partial charge in [0.25, 0.3) is 0 Å².